The van der Waals surface area contributed by atoms with Crippen LogP contribution in [0.2, 0.25) is 0 Å². The molecule has 0 aliphatic rings. The molecule has 0 aromatic heterocycles. The summed E-state index contributed by atoms with van der Waals surface area (Å²) in [4.78, 5) is 23.5. The number of rotatable bonds is 6. The second-order valence-corrected chi connectivity index (χ2v) is 4.35. The van der Waals surface area contributed by atoms with Crippen LogP contribution in [0.3, 0.4) is 0 Å². The van der Waals surface area contributed by atoms with E-state index in [1.807, 2.05) is 0 Å². The van der Waals surface area contributed by atoms with Gasteiger partial charge in [0.25, 0.3) is 0 Å². The lowest BCUT2D eigenvalue weighted by Crippen LogP contribution is -2.29. The normalized spacial score (nSPS) is 12.1. The van der Waals surface area contributed by atoms with Gasteiger partial charge >= 0.3 is 0 Å². The number of carbonyl (C=O) groups excluding carboxylic acids is 2. The van der Waals surface area contributed by atoms with Gasteiger partial charge < -0.3 is 9.47 Å². The summed E-state index contributed by atoms with van der Waals surface area (Å²) < 4.78 is 23.8. The topological polar surface area (TPSA) is 52.6 Å². The zero-order valence-electron chi connectivity index (χ0n) is 11.4. The van der Waals surface area contributed by atoms with E-state index in [4.69, 9.17) is 9.47 Å². The highest BCUT2D eigenvalue weighted by molar-refractivity contribution is 6.14. The number of hydrogen-bond acceptors (Lipinski definition) is 4. The van der Waals surface area contributed by atoms with Crippen LogP contribution in [-0.2, 0) is 4.79 Å². The quantitative estimate of drug-likeness (QED) is 0.587. The van der Waals surface area contributed by atoms with Crippen molar-refractivity contribution in [3.63, 3.8) is 0 Å². The lowest BCUT2D eigenvalue weighted by Gasteiger charge is -2.12. The molecule has 0 amide bonds. The number of ketones is 2. The van der Waals surface area contributed by atoms with Crippen molar-refractivity contribution in [2.45, 2.75) is 20.0 Å². The molecule has 0 saturated heterocycles. The van der Waals surface area contributed by atoms with E-state index in [1.54, 1.807) is 13.8 Å². The van der Waals surface area contributed by atoms with E-state index < -0.39 is 23.7 Å². The van der Waals surface area contributed by atoms with Crippen molar-refractivity contribution in [2.75, 3.05) is 14.2 Å². The van der Waals surface area contributed by atoms with E-state index in [0.717, 1.165) is 0 Å². The van der Waals surface area contributed by atoms with Gasteiger partial charge in [0, 0.05) is 12.0 Å². The largest absolute Gasteiger partial charge is 0.497 e. The van der Waals surface area contributed by atoms with Gasteiger partial charge in [-0.2, -0.15) is 0 Å². The van der Waals surface area contributed by atoms with Crippen molar-refractivity contribution in [2.24, 2.45) is 5.92 Å². The molecule has 0 bridgehead atoms. The molecule has 5 heteroatoms. The number of ether oxygens (including phenoxy) is 2. The highest BCUT2D eigenvalue weighted by Gasteiger charge is 2.30. The van der Waals surface area contributed by atoms with Crippen LogP contribution in [0.4, 0.5) is 4.39 Å². The van der Waals surface area contributed by atoms with Crippen LogP contribution >= 0.6 is 0 Å². The molecule has 104 valence electrons. The highest BCUT2D eigenvalue weighted by atomic mass is 19.1. The number of Topliss-reactive ketones (excluding diaryl/α,β-unsaturated/α-hetero) is 2. The maximum atomic E-state index is 13.8. The molecular weight excluding hydrogens is 251 g/mol. The summed E-state index contributed by atoms with van der Waals surface area (Å²) in [6.45, 7) is 3.10. The Morgan fingerprint density at radius 1 is 1.16 bits per heavy atom. The second kappa shape index (κ2) is 6.31. The van der Waals surface area contributed by atoms with Gasteiger partial charge in [-0.15, -0.1) is 0 Å². The maximum Gasteiger partial charge on any atom is 0.221 e. The van der Waals surface area contributed by atoms with Crippen molar-refractivity contribution in [1.82, 2.24) is 0 Å². The van der Waals surface area contributed by atoms with Crippen LogP contribution in [0, 0.1) is 5.92 Å². The first-order valence-corrected chi connectivity index (χ1v) is 5.86. The molecule has 0 heterocycles. The van der Waals surface area contributed by atoms with E-state index in [2.05, 4.69) is 0 Å². The average molecular weight is 268 g/mol. The van der Waals surface area contributed by atoms with Gasteiger partial charge in [-0.1, -0.05) is 13.8 Å². The minimum Gasteiger partial charge on any atom is -0.497 e. The van der Waals surface area contributed by atoms with Crippen molar-refractivity contribution in [3.8, 4) is 11.5 Å². The minimum atomic E-state index is -2.16. The molecule has 1 rings (SSSR count). The van der Waals surface area contributed by atoms with Crippen molar-refractivity contribution in [1.29, 1.82) is 0 Å². The fourth-order valence-electron chi connectivity index (χ4n) is 1.56. The Kier molecular flexibility index (Phi) is 5.03. The van der Waals surface area contributed by atoms with Gasteiger partial charge in [-0.05, 0) is 12.1 Å². The van der Waals surface area contributed by atoms with Crippen LogP contribution in [-0.4, -0.2) is 32.0 Å². The third-order valence-corrected chi connectivity index (χ3v) is 2.72. The van der Waals surface area contributed by atoms with Crippen LogP contribution in [0.1, 0.15) is 24.2 Å². The lowest BCUT2D eigenvalue weighted by atomic mass is 9.97. The first kappa shape index (κ1) is 15.1. The molecule has 1 aromatic carbocycles. The number of methoxy groups -OCH3 is 2. The summed E-state index contributed by atoms with van der Waals surface area (Å²) in [6, 6.07) is 4.38. The number of halogens is 1. The number of benzene rings is 1. The molecule has 19 heavy (non-hydrogen) atoms. The van der Waals surface area contributed by atoms with E-state index in [1.165, 1.54) is 32.4 Å². The Morgan fingerprint density at radius 2 is 1.79 bits per heavy atom. The molecule has 1 atom stereocenters. The van der Waals surface area contributed by atoms with Crippen LogP contribution < -0.4 is 9.47 Å². The molecule has 0 radical (unpaired) electrons. The number of alkyl halides is 1. The fourth-order valence-corrected chi connectivity index (χ4v) is 1.56. The zero-order chi connectivity index (χ0) is 14.6. The summed E-state index contributed by atoms with van der Waals surface area (Å²) in [5.74, 6) is -1.49. The fraction of sp³-hybridized carbons (Fsp3) is 0.429. The molecule has 0 fully saturated rings. The summed E-state index contributed by atoms with van der Waals surface area (Å²) in [6.07, 6.45) is -2.16. The van der Waals surface area contributed by atoms with Crippen molar-refractivity contribution < 1.29 is 23.5 Å². The van der Waals surface area contributed by atoms with Crippen LogP contribution in [0.5, 0.6) is 11.5 Å². The van der Waals surface area contributed by atoms with Gasteiger partial charge in [0.15, 0.2) is 5.78 Å². The van der Waals surface area contributed by atoms with Gasteiger partial charge in [0.2, 0.25) is 12.0 Å². The third-order valence-electron chi connectivity index (χ3n) is 2.72. The number of hydrogen-bond donors (Lipinski definition) is 0. The Morgan fingerprint density at radius 3 is 2.26 bits per heavy atom. The molecule has 0 spiro atoms. The highest BCUT2D eigenvalue weighted by Crippen LogP contribution is 2.26. The van der Waals surface area contributed by atoms with E-state index in [9.17, 15) is 14.0 Å². The summed E-state index contributed by atoms with van der Waals surface area (Å²) >= 11 is 0. The summed E-state index contributed by atoms with van der Waals surface area (Å²) in [7, 11) is 2.83. The summed E-state index contributed by atoms with van der Waals surface area (Å²) in [5, 5.41) is 0. The smallest absolute Gasteiger partial charge is 0.221 e. The maximum absolute atomic E-state index is 13.8. The Labute approximate surface area is 111 Å². The first-order chi connectivity index (χ1) is 8.92. The lowest BCUT2D eigenvalue weighted by molar-refractivity contribution is -0.125. The van der Waals surface area contributed by atoms with E-state index in [0.29, 0.717) is 5.75 Å². The predicted octanol–water partition coefficient (Wildman–Crippen LogP) is 2.45. The van der Waals surface area contributed by atoms with Gasteiger partial charge in [0.1, 0.15) is 11.5 Å². The second-order valence-electron chi connectivity index (χ2n) is 4.35. The monoisotopic (exact) mass is 268 g/mol. The van der Waals surface area contributed by atoms with Gasteiger partial charge in [-0.25, -0.2) is 4.39 Å². The Balaban J connectivity index is 3.09. The number of carbonyl (C=O) groups is 2. The van der Waals surface area contributed by atoms with Crippen molar-refractivity contribution in [3.05, 3.63) is 23.8 Å². The Hall–Kier alpha value is -1.91. The molecule has 0 saturated carbocycles. The zero-order valence-corrected chi connectivity index (χ0v) is 11.4. The third kappa shape index (κ3) is 3.30. The summed E-state index contributed by atoms with van der Waals surface area (Å²) in [5.41, 5.74) is 0.0322. The predicted molar refractivity (Wildman–Crippen MR) is 68.6 cm³/mol. The molecule has 4 nitrogen and oxygen atoms in total. The standard InChI is InChI=1S/C14H17FO4/c1-8(2)13(16)12(15)14(17)10-6-5-9(18-3)7-11(10)19-4/h5-8,12H,1-4H3. The molecule has 0 aliphatic heterocycles. The van der Waals surface area contributed by atoms with Gasteiger partial charge in [0.05, 0.1) is 19.8 Å². The van der Waals surface area contributed by atoms with Crippen LogP contribution in [0.15, 0.2) is 18.2 Å². The minimum absolute atomic E-state index is 0.0322. The average Bonchev–Trinajstić information content (AvgIpc) is 2.43. The molecule has 0 N–H and O–H groups in total. The SMILES string of the molecule is COc1ccc(C(=O)C(F)C(=O)C(C)C)c(OC)c1. The molecule has 1 aromatic rings. The molecular formula is C14H17FO4. The molecule has 0 aliphatic carbocycles. The van der Waals surface area contributed by atoms with Crippen LogP contribution in [0.25, 0.3) is 0 Å². The van der Waals surface area contributed by atoms with Crippen molar-refractivity contribution >= 4 is 11.6 Å². The Bertz CT molecular complexity index is 482. The first-order valence-electron chi connectivity index (χ1n) is 5.86. The van der Waals surface area contributed by atoms with E-state index >= 15 is 0 Å². The van der Waals surface area contributed by atoms with Gasteiger partial charge in [-0.3, -0.25) is 9.59 Å². The van der Waals surface area contributed by atoms with E-state index in [-0.39, 0.29) is 11.3 Å². The molecule has 1 unspecified atom stereocenters.